The number of hydrogen-bond donors (Lipinski definition) is 1. The molecule has 0 aliphatic carbocycles. The zero-order valence-corrected chi connectivity index (χ0v) is 15.2. The topological polar surface area (TPSA) is 88.8 Å². The number of carbonyl (C=O) groups is 2. The Bertz CT molecular complexity index is 757. The third-order valence-electron chi connectivity index (χ3n) is 4.69. The summed E-state index contributed by atoms with van der Waals surface area (Å²) < 4.78 is 5.53. The van der Waals surface area contributed by atoms with Gasteiger partial charge in [0, 0.05) is 50.7 Å². The number of hydrogen-bond acceptors (Lipinski definition) is 5. The Kier molecular flexibility index (Phi) is 6.38. The minimum atomic E-state index is -0.487. The molecule has 1 aromatic carbocycles. The molecule has 0 radical (unpaired) electrons. The number of piperazine rings is 1. The van der Waals surface area contributed by atoms with E-state index in [4.69, 9.17) is 10.5 Å². The van der Waals surface area contributed by atoms with E-state index >= 15 is 0 Å². The number of nitrogens with two attached hydrogens (primary N) is 1. The quantitative estimate of drug-likeness (QED) is 0.786. The number of nitrogens with zero attached hydrogens (tertiary/aromatic N) is 3. The summed E-state index contributed by atoms with van der Waals surface area (Å²) in [6, 6.07) is 10.5. The fourth-order valence-corrected chi connectivity index (χ4v) is 3.01. The van der Waals surface area contributed by atoms with Crippen molar-refractivity contribution < 1.29 is 14.3 Å². The Labute approximate surface area is 158 Å². The molecular formula is C20H24N4O3. The Morgan fingerprint density at radius 1 is 1.00 bits per heavy atom. The lowest BCUT2D eigenvalue weighted by molar-refractivity contribution is -0.135. The average Bonchev–Trinajstić information content (AvgIpc) is 2.72. The summed E-state index contributed by atoms with van der Waals surface area (Å²) in [7, 11) is 0. The van der Waals surface area contributed by atoms with Gasteiger partial charge in [0.1, 0.15) is 5.75 Å². The molecule has 2 aromatic rings. The van der Waals surface area contributed by atoms with Gasteiger partial charge in [-0.2, -0.15) is 0 Å². The van der Waals surface area contributed by atoms with Crippen molar-refractivity contribution >= 4 is 11.8 Å². The highest BCUT2D eigenvalue weighted by molar-refractivity contribution is 5.92. The van der Waals surface area contributed by atoms with E-state index in [1.165, 1.54) is 5.56 Å². The maximum atomic E-state index is 12.3. The third-order valence-corrected chi connectivity index (χ3v) is 4.69. The molecule has 1 saturated heterocycles. The Morgan fingerprint density at radius 3 is 2.30 bits per heavy atom. The molecule has 0 atom stereocenters. The van der Waals surface area contributed by atoms with Crippen LogP contribution in [0.1, 0.15) is 15.9 Å². The fraction of sp³-hybridized carbons (Fsp3) is 0.350. The fourth-order valence-electron chi connectivity index (χ4n) is 3.01. The largest absolute Gasteiger partial charge is 0.484 e. The lowest BCUT2D eigenvalue weighted by Gasteiger charge is -2.34. The van der Waals surface area contributed by atoms with Gasteiger partial charge in [0.05, 0.1) is 0 Å². The van der Waals surface area contributed by atoms with Crippen LogP contribution in [0.15, 0.2) is 48.8 Å². The highest BCUT2D eigenvalue weighted by Crippen LogP contribution is 2.12. The molecule has 2 N–H and O–H groups in total. The van der Waals surface area contributed by atoms with Crippen LogP contribution >= 0.6 is 0 Å². The van der Waals surface area contributed by atoms with Crippen molar-refractivity contribution in [3.05, 3.63) is 59.9 Å². The van der Waals surface area contributed by atoms with Crippen LogP contribution in [0.4, 0.5) is 0 Å². The van der Waals surface area contributed by atoms with E-state index < -0.39 is 5.91 Å². The van der Waals surface area contributed by atoms with Gasteiger partial charge < -0.3 is 15.4 Å². The molecule has 1 aromatic heterocycles. The first-order valence-corrected chi connectivity index (χ1v) is 9.03. The van der Waals surface area contributed by atoms with Gasteiger partial charge in [-0.3, -0.25) is 19.5 Å². The van der Waals surface area contributed by atoms with E-state index in [9.17, 15) is 9.59 Å². The van der Waals surface area contributed by atoms with Crippen LogP contribution in [0.3, 0.4) is 0 Å². The Morgan fingerprint density at radius 2 is 1.67 bits per heavy atom. The summed E-state index contributed by atoms with van der Waals surface area (Å²) in [6.45, 7) is 4.12. The first-order valence-electron chi connectivity index (χ1n) is 9.03. The summed E-state index contributed by atoms with van der Waals surface area (Å²) in [5.74, 6) is 0.0338. The van der Waals surface area contributed by atoms with Gasteiger partial charge in [-0.05, 0) is 48.4 Å². The van der Waals surface area contributed by atoms with Gasteiger partial charge >= 0.3 is 0 Å². The average molecular weight is 368 g/mol. The van der Waals surface area contributed by atoms with Gasteiger partial charge in [0.2, 0.25) is 5.91 Å². The molecular weight excluding hydrogens is 344 g/mol. The number of pyridine rings is 1. The van der Waals surface area contributed by atoms with Gasteiger partial charge in [0.15, 0.2) is 6.61 Å². The molecule has 1 aliphatic rings. The molecule has 7 nitrogen and oxygen atoms in total. The Hall–Kier alpha value is -2.93. The summed E-state index contributed by atoms with van der Waals surface area (Å²) in [6.07, 6.45) is 4.61. The van der Waals surface area contributed by atoms with Crippen LogP contribution in [0.25, 0.3) is 0 Å². The summed E-state index contributed by atoms with van der Waals surface area (Å²) in [5.41, 5.74) is 6.89. The Balaban J connectivity index is 1.38. The summed E-state index contributed by atoms with van der Waals surface area (Å²) >= 11 is 0. The number of aromatic nitrogens is 1. The van der Waals surface area contributed by atoms with Crippen LogP contribution < -0.4 is 10.5 Å². The van der Waals surface area contributed by atoms with Crippen LogP contribution in [-0.4, -0.2) is 65.9 Å². The number of primary amides is 1. The number of rotatable bonds is 7. The normalized spacial score (nSPS) is 14.7. The molecule has 1 fully saturated rings. The molecule has 2 heterocycles. The van der Waals surface area contributed by atoms with Crippen LogP contribution in [0, 0.1) is 0 Å². The van der Waals surface area contributed by atoms with Crippen LogP contribution in [0.5, 0.6) is 5.75 Å². The van der Waals surface area contributed by atoms with E-state index in [-0.39, 0.29) is 12.5 Å². The number of benzene rings is 1. The summed E-state index contributed by atoms with van der Waals surface area (Å²) in [4.78, 5) is 31.6. The highest BCUT2D eigenvalue weighted by atomic mass is 16.5. The molecule has 0 unspecified atom stereocenters. The molecule has 0 bridgehead atoms. The maximum Gasteiger partial charge on any atom is 0.260 e. The van der Waals surface area contributed by atoms with Crippen molar-refractivity contribution in [3.63, 3.8) is 0 Å². The molecule has 7 heteroatoms. The predicted molar refractivity (Wildman–Crippen MR) is 101 cm³/mol. The minimum absolute atomic E-state index is 0.00701. The first-order chi connectivity index (χ1) is 13.1. The van der Waals surface area contributed by atoms with E-state index in [0.29, 0.717) is 24.4 Å². The second-order valence-corrected chi connectivity index (χ2v) is 6.51. The molecule has 0 spiro atoms. The van der Waals surface area contributed by atoms with E-state index in [2.05, 4.69) is 9.88 Å². The van der Waals surface area contributed by atoms with E-state index in [1.807, 2.05) is 29.4 Å². The zero-order chi connectivity index (χ0) is 19.1. The molecule has 2 amide bonds. The zero-order valence-electron chi connectivity index (χ0n) is 15.2. The molecule has 1 aliphatic heterocycles. The van der Waals surface area contributed by atoms with Crippen molar-refractivity contribution in [2.24, 2.45) is 5.73 Å². The standard InChI is InChI=1S/C20H24N4O3/c21-20(26)17-1-3-18(4-2-17)27-15-19(25)24-13-11-23(12-14-24)10-7-16-5-8-22-9-6-16/h1-6,8-9H,7,10-15H2,(H2,21,26). The lowest BCUT2D eigenvalue weighted by atomic mass is 10.2. The number of amides is 2. The van der Waals surface area contributed by atoms with Crippen LogP contribution in [-0.2, 0) is 11.2 Å². The smallest absolute Gasteiger partial charge is 0.260 e. The van der Waals surface area contributed by atoms with Gasteiger partial charge in [-0.25, -0.2) is 0 Å². The maximum absolute atomic E-state index is 12.3. The molecule has 27 heavy (non-hydrogen) atoms. The van der Waals surface area contributed by atoms with E-state index in [0.717, 1.165) is 26.1 Å². The first kappa shape index (κ1) is 18.8. The summed E-state index contributed by atoms with van der Waals surface area (Å²) in [5, 5.41) is 0. The van der Waals surface area contributed by atoms with Crippen molar-refractivity contribution in [2.75, 3.05) is 39.3 Å². The monoisotopic (exact) mass is 368 g/mol. The van der Waals surface area contributed by atoms with E-state index in [1.54, 1.807) is 24.3 Å². The SMILES string of the molecule is NC(=O)c1ccc(OCC(=O)N2CCN(CCc3ccncc3)CC2)cc1. The second-order valence-electron chi connectivity index (χ2n) is 6.51. The minimum Gasteiger partial charge on any atom is -0.484 e. The lowest BCUT2D eigenvalue weighted by Crippen LogP contribution is -2.50. The van der Waals surface area contributed by atoms with Gasteiger partial charge in [0.25, 0.3) is 5.91 Å². The third kappa shape index (κ3) is 5.52. The molecule has 0 saturated carbocycles. The van der Waals surface area contributed by atoms with Gasteiger partial charge in [-0.15, -0.1) is 0 Å². The second kappa shape index (κ2) is 9.14. The molecule has 3 rings (SSSR count). The van der Waals surface area contributed by atoms with Crippen LogP contribution in [0.2, 0.25) is 0 Å². The van der Waals surface area contributed by atoms with Crippen molar-refractivity contribution in [1.29, 1.82) is 0 Å². The number of ether oxygens (including phenoxy) is 1. The van der Waals surface area contributed by atoms with Crippen molar-refractivity contribution in [2.45, 2.75) is 6.42 Å². The van der Waals surface area contributed by atoms with Gasteiger partial charge in [-0.1, -0.05) is 0 Å². The van der Waals surface area contributed by atoms with Crippen molar-refractivity contribution in [3.8, 4) is 5.75 Å². The predicted octanol–water partition coefficient (Wildman–Crippen LogP) is 0.946. The highest BCUT2D eigenvalue weighted by Gasteiger charge is 2.21. The number of carbonyl (C=O) groups excluding carboxylic acids is 2. The van der Waals surface area contributed by atoms with Crippen molar-refractivity contribution in [1.82, 2.24) is 14.8 Å². The molecule has 142 valence electrons.